The minimum absolute atomic E-state index is 0.0767. The summed E-state index contributed by atoms with van der Waals surface area (Å²) in [7, 11) is 0.950. The lowest BCUT2D eigenvalue weighted by Gasteiger charge is -2.28. The van der Waals surface area contributed by atoms with E-state index in [0.717, 1.165) is 6.07 Å². The van der Waals surface area contributed by atoms with Crippen molar-refractivity contribution in [3.8, 4) is 0 Å². The predicted octanol–water partition coefficient (Wildman–Crippen LogP) is 5.06. The molecule has 0 bridgehead atoms. The van der Waals surface area contributed by atoms with Gasteiger partial charge in [0.05, 0.1) is 11.6 Å². The molecule has 1 saturated heterocycles. The average Bonchev–Trinajstić information content (AvgIpc) is 2.84. The molecule has 1 aromatic carbocycles. The molecular weight excluding hydrogens is 479 g/mol. The number of anilines is 2. The molecule has 1 aliphatic rings. The summed E-state index contributed by atoms with van der Waals surface area (Å²) in [5.41, 5.74) is 0.362. The van der Waals surface area contributed by atoms with E-state index in [-0.39, 0.29) is 17.4 Å². The van der Waals surface area contributed by atoms with Crippen molar-refractivity contribution in [1.29, 1.82) is 0 Å². The summed E-state index contributed by atoms with van der Waals surface area (Å²) in [6.45, 7) is 7.34. The Balaban J connectivity index is 1.78. The molecule has 1 aromatic heterocycles. The Labute approximate surface area is 204 Å². The number of hydrogen-bond acceptors (Lipinski definition) is 6. The van der Waals surface area contributed by atoms with Crippen LogP contribution in [-0.4, -0.2) is 45.7 Å². The summed E-state index contributed by atoms with van der Waals surface area (Å²) in [6, 6.07) is 3.20. The van der Waals surface area contributed by atoms with Gasteiger partial charge in [0.15, 0.2) is 0 Å². The minimum Gasteiger partial charge on any atom is -0.363 e. The maximum absolute atomic E-state index is 14.6. The molecule has 0 spiro atoms. The zero-order chi connectivity index (χ0) is 25.9. The first-order valence-electron chi connectivity index (χ1n) is 11.2. The van der Waals surface area contributed by atoms with Crippen LogP contribution in [0.1, 0.15) is 48.9 Å². The van der Waals surface area contributed by atoms with Gasteiger partial charge in [-0.15, -0.1) is 0 Å². The van der Waals surface area contributed by atoms with E-state index < -0.39 is 33.6 Å². The third kappa shape index (κ3) is 5.66. The van der Waals surface area contributed by atoms with E-state index >= 15 is 0 Å². The Morgan fingerprint density at radius 3 is 2.49 bits per heavy atom. The number of aromatic nitrogens is 2. The zero-order valence-electron chi connectivity index (χ0n) is 20.2. The summed E-state index contributed by atoms with van der Waals surface area (Å²) in [5.74, 6) is 0.185. The summed E-state index contributed by atoms with van der Waals surface area (Å²) in [4.78, 5) is 23.0. The average molecular weight is 510 g/mol. The number of halogens is 3. The van der Waals surface area contributed by atoms with Gasteiger partial charge in [-0.1, -0.05) is 24.8 Å². The molecule has 11 heteroatoms. The Kier molecular flexibility index (Phi) is 8.19. The molecule has 1 fully saturated rings. The van der Waals surface area contributed by atoms with Gasteiger partial charge in [0.25, 0.3) is 12.3 Å². The molecule has 190 valence electrons. The van der Waals surface area contributed by atoms with Crippen molar-refractivity contribution in [1.82, 2.24) is 9.97 Å². The third-order valence-corrected chi connectivity index (χ3v) is 8.88. The van der Waals surface area contributed by atoms with Crippen molar-refractivity contribution in [2.75, 3.05) is 35.8 Å². The molecule has 1 atom stereocenters. The van der Waals surface area contributed by atoms with E-state index in [4.69, 9.17) is 0 Å². The molecule has 0 saturated carbocycles. The van der Waals surface area contributed by atoms with E-state index in [1.54, 1.807) is 27.9 Å². The second-order valence-corrected chi connectivity index (χ2v) is 11.3. The van der Waals surface area contributed by atoms with Crippen LogP contribution in [0.3, 0.4) is 0 Å². The van der Waals surface area contributed by atoms with Gasteiger partial charge in [-0.05, 0) is 32.6 Å². The number of rotatable bonds is 7. The Hall–Kier alpha value is -2.95. The van der Waals surface area contributed by atoms with Crippen molar-refractivity contribution in [3.63, 3.8) is 0 Å². The number of likely N-dealkylation sites (N-methyl/N-ethyl adjacent to an activating group) is 1. The molecular formula is C24H30F3N5O2S. The van der Waals surface area contributed by atoms with Crippen molar-refractivity contribution in [2.45, 2.75) is 39.2 Å². The fraction of sp³-hybridized carbons (Fsp3) is 0.458. The zero-order valence-corrected chi connectivity index (χ0v) is 21.0. The maximum atomic E-state index is 14.6. The fourth-order valence-corrected chi connectivity index (χ4v) is 6.07. The summed E-state index contributed by atoms with van der Waals surface area (Å²) in [6.07, 6.45) is -0.501. The number of alkyl halides is 2. The minimum atomic E-state index is -2.92. The van der Waals surface area contributed by atoms with Gasteiger partial charge in [0, 0.05) is 52.0 Å². The van der Waals surface area contributed by atoms with Crippen LogP contribution in [0.15, 0.2) is 41.0 Å². The van der Waals surface area contributed by atoms with E-state index in [9.17, 15) is 22.2 Å². The molecule has 1 amide bonds. The first-order chi connectivity index (χ1) is 16.5. The molecule has 2 aromatic rings. The number of carbonyl (C=O) groups excluding carboxylic acids is 1. The molecule has 3 rings (SSSR count). The topological polar surface area (TPSA) is 87.5 Å². The molecule has 1 aliphatic heterocycles. The quantitative estimate of drug-likeness (QED) is 0.527. The lowest BCUT2D eigenvalue weighted by Crippen LogP contribution is -2.34. The SMILES string of the molecule is C=C(C(=O)N(C)c1ncnc(N[C@H](C)c2cccc(C(F)F)c2F)c1C)C1CCS(=O)(=NC)CC1. The summed E-state index contributed by atoms with van der Waals surface area (Å²) in [5, 5.41) is 3.04. The van der Waals surface area contributed by atoms with Crippen molar-refractivity contribution in [3.05, 3.63) is 59.2 Å². The number of nitrogens with zero attached hydrogens (tertiary/aromatic N) is 4. The summed E-state index contributed by atoms with van der Waals surface area (Å²) >= 11 is 0. The number of nitrogens with one attached hydrogen (secondary N) is 1. The molecule has 35 heavy (non-hydrogen) atoms. The van der Waals surface area contributed by atoms with Gasteiger partial charge in [-0.3, -0.25) is 9.69 Å². The highest BCUT2D eigenvalue weighted by Crippen LogP contribution is 2.32. The van der Waals surface area contributed by atoms with Crippen LogP contribution in [-0.2, 0) is 14.5 Å². The van der Waals surface area contributed by atoms with Gasteiger partial charge < -0.3 is 5.32 Å². The van der Waals surface area contributed by atoms with Crippen LogP contribution in [0, 0.1) is 18.7 Å². The molecule has 1 N–H and O–H groups in total. The molecule has 7 nitrogen and oxygen atoms in total. The smallest absolute Gasteiger partial charge is 0.266 e. The van der Waals surface area contributed by atoms with Crippen molar-refractivity contribution in [2.24, 2.45) is 10.3 Å². The predicted molar refractivity (Wildman–Crippen MR) is 132 cm³/mol. The molecule has 0 radical (unpaired) electrons. The lowest BCUT2D eigenvalue weighted by molar-refractivity contribution is -0.115. The number of carbonyl (C=O) groups is 1. The highest BCUT2D eigenvalue weighted by atomic mass is 32.2. The monoisotopic (exact) mass is 509 g/mol. The van der Waals surface area contributed by atoms with Gasteiger partial charge in [-0.2, -0.15) is 0 Å². The normalized spacial score (nSPS) is 20.9. The van der Waals surface area contributed by atoms with Crippen molar-refractivity contribution >= 4 is 27.3 Å². The van der Waals surface area contributed by atoms with Crippen LogP contribution in [0.2, 0.25) is 0 Å². The maximum Gasteiger partial charge on any atom is 0.266 e. The number of benzene rings is 1. The van der Waals surface area contributed by atoms with E-state index in [0.29, 0.717) is 47.1 Å². The largest absolute Gasteiger partial charge is 0.363 e. The highest BCUT2D eigenvalue weighted by molar-refractivity contribution is 7.93. The first kappa shape index (κ1) is 26.7. The second-order valence-electron chi connectivity index (χ2n) is 8.62. The highest BCUT2D eigenvalue weighted by Gasteiger charge is 2.30. The Morgan fingerprint density at radius 1 is 1.26 bits per heavy atom. The van der Waals surface area contributed by atoms with Gasteiger partial charge in [-0.25, -0.2) is 31.7 Å². The standard InChI is InChI=1S/C24H30F3N5O2S/c1-14(17-9-11-35(34,28-4)12-10-17)24(33)32(5)23-15(2)22(29-13-30-23)31-16(3)18-7-6-8-19(20(18)25)21(26)27/h6-8,13,16-17,21H,1,9-12H2,2-5H3,(H,29,30,31)/t16-,17?,35?/m1/s1. The van der Waals surface area contributed by atoms with E-state index in [1.165, 1.54) is 23.4 Å². The summed E-state index contributed by atoms with van der Waals surface area (Å²) < 4.78 is 57.2. The fourth-order valence-electron chi connectivity index (χ4n) is 4.20. The van der Waals surface area contributed by atoms with Crippen LogP contribution in [0.25, 0.3) is 0 Å². The van der Waals surface area contributed by atoms with Gasteiger partial charge >= 0.3 is 0 Å². The van der Waals surface area contributed by atoms with E-state index in [2.05, 4.69) is 26.2 Å². The van der Waals surface area contributed by atoms with Crippen LogP contribution in [0.4, 0.5) is 24.8 Å². The van der Waals surface area contributed by atoms with Crippen molar-refractivity contribution < 1.29 is 22.2 Å². The Morgan fingerprint density at radius 2 is 1.89 bits per heavy atom. The van der Waals surface area contributed by atoms with Crippen LogP contribution >= 0.6 is 0 Å². The van der Waals surface area contributed by atoms with Crippen LogP contribution < -0.4 is 10.2 Å². The van der Waals surface area contributed by atoms with Gasteiger partial charge in [0.1, 0.15) is 23.8 Å². The van der Waals surface area contributed by atoms with E-state index in [1.807, 2.05) is 0 Å². The molecule has 0 unspecified atom stereocenters. The molecule has 2 heterocycles. The van der Waals surface area contributed by atoms with Crippen LogP contribution in [0.5, 0.6) is 0 Å². The number of amides is 1. The third-order valence-electron chi connectivity index (χ3n) is 6.46. The number of hydrogen-bond donors (Lipinski definition) is 1. The molecule has 0 aliphatic carbocycles. The Bertz CT molecular complexity index is 1230. The lowest BCUT2D eigenvalue weighted by atomic mass is 9.93. The second kappa shape index (κ2) is 10.8. The first-order valence-corrected chi connectivity index (χ1v) is 13.1. The van der Waals surface area contributed by atoms with Gasteiger partial charge in [0.2, 0.25) is 0 Å².